The molecule has 4 rings (SSSR count). The van der Waals surface area contributed by atoms with Gasteiger partial charge in [-0.25, -0.2) is 9.59 Å². The molecule has 1 aliphatic heterocycles. The third-order valence-electron chi connectivity index (χ3n) is 7.15. The van der Waals surface area contributed by atoms with Gasteiger partial charge < -0.3 is 40.7 Å². The number of hydrogen-bond acceptors (Lipinski definition) is 12. The number of dihydropyridines is 1. The Hall–Kier alpha value is -6.22. The van der Waals surface area contributed by atoms with E-state index in [2.05, 4.69) is 16.0 Å². The Morgan fingerprint density at radius 1 is 0.780 bits per heavy atom. The molecule has 2 amide bonds. The van der Waals surface area contributed by atoms with Gasteiger partial charge in [-0.05, 0) is 50.6 Å². The first-order chi connectivity index (χ1) is 23.9. The molecular formula is C35H38N4O11. The number of aliphatic hydroxyl groups excluding tert-OH is 1. The molecule has 15 heteroatoms. The van der Waals surface area contributed by atoms with Crippen molar-refractivity contribution in [2.24, 2.45) is 0 Å². The summed E-state index contributed by atoms with van der Waals surface area (Å²) in [6.07, 6.45) is 0. The lowest BCUT2D eigenvalue weighted by atomic mass is 9.80. The van der Waals surface area contributed by atoms with E-state index < -0.39 is 34.6 Å². The number of aromatic hydroxyl groups is 2. The Labute approximate surface area is 287 Å². The third kappa shape index (κ3) is 9.90. The highest BCUT2D eigenvalue weighted by atomic mass is 16.6. The molecule has 0 spiro atoms. The maximum atomic E-state index is 13.5. The number of esters is 2. The van der Waals surface area contributed by atoms with Crippen LogP contribution in [0.25, 0.3) is 0 Å². The second-order valence-electron chi connectivity index (χ2n) is 10.6. The summed E-state index contributed by atoms with van der Waals surface area (Å²) in [5, 5.41) is 47.0. The second-order valence-corrected chi connectivity index (χ2v) is 10.6. The summed E-state index contributed by atoms with van der Waals surface area (Å²) in [7, 11) is 0. The van der Waals surface area contributed by atoms with Crippen molar-refractivity contribution in [1.82, 2.24) is 16.0 Å². The minimum Gasteiger partial charge on any atom is -0.507 e. The Morgan fingerprint density at radius 2 is 1.22 bits per heavy atom. The predicted octanol–water partition coefficient (Wildman–Crippen LogP) is 3.19. The first-order valence-corrected chi connectivity index (χ1v) is 15.4. The number of nitrogens with one attached hydrogen (secondary N) is 3. The van der Waals surface area contributed by atoms with Gasteiger partial charge in [0.25, 0.3) is 17.5 Å². The molecule has 0 saturated heterocycles. The molecule has 0 saturated carbocycles. The molecule has 3 aromatic carbocycles. The number of benzene rings is 3. The topological polar surface area (TPSA) is 227 Å². The number of phenolic OH excluding ortho intramolecular Hbond substituents is 2. The molecule has 50 heavy (non-hydrogen) atoms. The molecule has 0 bridgehead atoms. The van der Waals surface area contributed by atoms with Crippen molar-refractivity contribution in [3.63, 3.8) is 0 Å². The predicted molar refractivity (Wildman–Crippen MR) is 180 cm³/mol. The van der Waals surface area contributed by atoms with Crippen LogP contribution in [0.3, 0.4) is 0 Å². The highest BCUT2D eigenvalue weighted by Gasteiger charge is 2.38. The van der Waals surface area contributed by atoms with Gasteiger partial charge in [-0.1, -0.05) is 36.4 Å². The second kappa shape index (κ2) is 18.4. The average molecular weight is 691 g/mol. The molecule has 0 unspecified atom stereocenters. The normalized spacial score (nSPS) is 12.6. The number of phenols is 2. The first-order valence-electron chi connectivity index (χ1n) is 15.4. The summed E-state index contributed by atoms with van der Waals surface area (Å²) in [5.74, 6) is -4.42. The number of nitro benzene ring substituents is 1. The van der Waals surface area contributed by atoms with E-state index in [0.717, 1.165) is 0 Å². The van der Waals surface area contributed by atoms with E-state index in [1.165, 1.54) is 48.5 Å². The summed E-state index contributed by atoms with van der Waals surface area (Å²) in [6, 6.07) is 17.4. The Kier molecular flexibility index (Phi) is 14.0. The largest absolute Gasteiger partial charge is 0.507 e. The molecule has 3 aromatic rings. The number of hydrogen-bond donors (Lipinski definition) is 6. The molecule has 1 aliphatic rings. The summed E-state index contributed by atoms with van der Waals surface area (Å²) in [4.78, 5) is 62.8. The summed E-state index contributed by atoms with van der Waals surface area (Å²) in [6.45, 7) is 4.36. The molecule has 0 fully saturated rings. The van der Waals surface area contributed by atoms with Gasteiger partial charge in [-0.15, -0.1) is 0 Å². The van der Waals surface area contributed by atoms with Crippen LogP contribution >= 0.6 is 0 Å². The molecular weight excluding hydrogens is 652 g/mol. The fourth-order valence-electron chi connectivity index (χ4n) is 4.98. The SMILES string of the molecule is CC1=C(C(=O)OCCNC(=O)c2ccccc2O)C(c2cccc([N+](=O)[O-])c2)C(C(=O)OCCNC(=O)c2ccccc2O)=C(C)N1.CCO. The molecule has 0 aromatic heterocycles. The lowest BCUT2D eigenvalue weighted by Crippen LogP contribution is -2.34. The number of nitro groups is 1. The minimum absolute atomic E-state index is 0.0112. The van der Waals surface area contributed by atoms with Gasteiger partial charge in [-0.3, -0.25) is 19.7 Å². The van der Waals surface area contributed by atoms with Crippen molar-refractivity contribution in [3.05, 3.63) is 122 Å². The summed E-state index contributed by atoms with van der Waals surface area (Å²) < 4.78 is 10.9. The maximum Gasteiger partial charge on any atom is 0.336 e. The number of nitrogens with zero attached hydrogens (tertiary/aromatic N) is 1. The number of aliphatic hydroxyl groups is 1. The first kappa shape index (κ1) is 38.2. The van der Waals surface area contributed by atoms with Gasteiger partial charge >= 0.3 is 11.9 Å². The van der Waals surface area contributed by atoms with E-state index in [1.807, 2.05) is 0 Å². The molecule has 0 aliphatic carbocycles. The highest BCUT2D eigenvalue weighted by Crippen LogP contribution is 2.40. The van der Waals surface area contributed by atoms with Crippen molar-refractivity contribution in [2.45, 2.75) is 26.7 Å². The van der Waals surface area contributed by atoms with Gasteiger partial charge in [0.15, 0.2) is 0 Å². The van der Waals surface area contributed by atoms with Crippen LogP contribution in [0.2, 0.25) is 0 Å². The van der Waals surface area contributed by atoms with Gasteiger partial charge in [0, 0.05) is 30.1 Å². The monoisotopic (exact) mass is 690 g/mol. The molecule has 0 atom stereocenters. The lowest BCUT2D eigenvalue weighted by molar-refractivity contribution is -0.384. The third-order valence-corrected chi connectivity index (χ3v) is 7.15. The molecule has 6 N–H and O–H groups in total. The van der Waals surface area contributed by atoms with Gasteiger partial charge in [0.2, 0.25) is 0 Å². The average Bonchev–Trinajstić information content (AvgIpc) is 3.08. The van der Waals surface area contributed by atoms with E-state index in [4.69, 9.17) is 14.6 Å². The van der Waals surface area contributed by atoms with Crippen LogP contribution in [0.5, 0.6) is 11.5 Å². The Bertz CT molecular complexity index is 1700. The van der Waals surface area contributed by atoms with Crippen LogP contribution in [0.1, 0.15) is 53.0 Å². The number of carbonyl (C=O) groups is 4. The molecule has 15 nitrogen and oxygen atoms in total. The summed E-state index contributed by atoms with van der Waals surface area (Å²) >= 11 is 0. The van der Waals surface area contributed by atoms with Crippen LogP contribution < -0.4 is 16.0 Å². The maximum absolute atomic E-state index is 13.5. The van der Waals surface area contributed by atoms with E-state index in [-0.39, 0.29) is 77.9 Å². The van der Waals surface area contributed by atoms with Crippen LogP contribution in [0.15, 0.2) is 95.3 Å². The number of allylic oxidation sites excluding steroid dienone is 2. The zero-order valence-electron chi connectivity index (χ0n) is 27.6. The van der Waals surface area contributed by atoms with Crippen LogP contribution in [0.4, 0.5) is 5.69 Å². The fourth-order valence-corrected chi connectivity index (χ4v) is 4.98. The minimum atomic E-state index is -1.14. The van der Waals surface area contributed by atoms with Crippen LogP contribution in [-0.2, 0) is 19.1 Å². The quantitative estimate of drug-likeness (QED) is 0.0697. The zero-order valence-corrected chi connectivity index (χ0v) is 27.6. The van der Waals surface area contributed by atoms with Crippen molar-refractivity contribution in [2.75, 3.05) is 32.9 Å². The van der Waals surface area contributed by atoms with Gasteiger partial charge in [-0.2, -0.15) is 0 Å². The Morgan fingerprint density at radius 3 is 1.64 bits per heavy atom. The molecule has 0 radical (unpaired) electrons. The van der Waals surface area contributed by atoms with Crippen LogP contribution in [-0.4, -0.2) is 76.9 Å². The molecule has 264 valence electrons. The molecule has 1 heterocycles. The standard InChI is InChI=1S/C33H32N4O10.C2H6O/c1-19-27(32(42)46-16-14-34-30(40)23-10-3-5-12-25(23)38)29(21-8-7-9-22(18-21)37(44)45)28(20(2)36-19)33(43)47-17-15-35-31(41)24-11-4-6-13-26(24)39;1-2-3/h3-13,18,29,36,38-39H,14-17H2,1-2H3,(H,34,40)(H,35,41);3H,2H2,1H3. The van der Waals surface area contributed by atoms with Crippen molar-refractivity contribution >= 4 is 29.4 Å². The fraction of sp³-hybridized carbons (Fsp3) is 0.257. The number of ether oxygens (including phenoxy) is 2. The number of para-hydroxylation sites is 2. The zero-order chi connectivity index (χ0) is 36.8. The number of rotatable bonds is 12. The number of amides is 2. The van der Waals surface area contributed by atoms with Gasteiger partial charge in [0.1, 0.15) is 24.7 Å². The lowest BCUT2D eigenvalue weighted by Gasteiger charge is -2.30. The highest BCUT2D eigenvalue weighted by molar-refractivity contribution is 6.00. The Balaban J connectivity index is 0.00000217. The van der Waals surface area contributed by atoms with Crippen molar-refractivity contribution in [1.29, 1.82) is 0 Å². The smallest absolute Gasteiger partial charge is 0.336 e. The summed E-state index contributed by atoms with van der Waals surface area (Å²) in [5.41, 5.74) is 0.699. The van der Waals surface area contributed by atoms with E-state index in [1.54, 1.807) is 45.0 Å². The van der Waals surface area contributed by atoms with Crippen LogP contribution in [0, 0.1) is 10.1 Å². The number of non-ortho nitro benzene ring substituents is 1. The van der Waals surface area contributed by atoms with Crippen molar-refractivity contribution in [3.8, 4) is 11.5 Å². The van der Waals surface area contributed by atoms with Gasteiger partial charge in [0.05, 0.1) is 46.2 Å². The van der Waals surface area contributed by atoms with E-state index >= 15 is 0 Å². The van der Waals surface area contributed by atoms with Crippen molar-refractivity contribution < 1.29 is 48.9 Å². The van der Waals surface area contributed by atoms with E-state index in [0.29, 0.717) is 11.4 Å². The van der Waals surface area contributed by atoms with E-state index in [9.17, 15) is 39.5 Å². The number of carbonyl (C=O) groups excluding carboxylic acids is 4.